The van der Waals surface area contributed by atoms with Crippen molar-refractivity contribution in [2.24, 2.45) is 5.92 Å². The lowest BCUT2D eigenvalue weighted by Crippen LogP contribution is -2.35. The monoisotopic (exact) mass is 340 g/mol. The summed E-state index contributed by atoms with van der Waals surface area (Å²) in [6, 6.07) is 6.53. The predicted octanol–water partition coefficient (Wildman–Crippen LogP) is 4.94. The Kier molecular flexibility index (Phi) is 4.76. The van der Waals surface area contributed by atoms with E-state index >= 15 is 0 Å². The van der Waals surface area contributed by atoms with Gasteiger partial charge in [0.15, 0.2) is 0 Å². The summed E-state index contributed by atoms with van der Waals surface area (Å²) in [4.78, 5) is 6.26. The molecule has 6 heteroatoms. The highest BCUT2D eigenvalue weighted by Gasteiger charge is 2.30. The third kappa shape index (κ3) is 3.44. The minimum absolute atomic E-state index is 0.0688. The zero-order valence-electron chi connectivity index (χ0n) is 12.4. The van der Waals surface area contributed by atoms with Crippen LogP contribution in [0.15, 0.2) is 36.5 Å². The van der Waals surface area contributed by atoms with Gasteiger partial charge in [0, 0.05) is 30.9 Å². The number of anilines is 1. The molecule has 0 aliphatic carbocycles. The molecule has 1 atom stereocenters. The molecule has 0 spiro atoms. The number of piperidine rings is 1. The fraction of sp³-hybridized carbons (Fsp3) is 0.353. The van der Waals surface area contributed by atoms with E-state index in [2.05, 4.69) is 4.98 Å². The zero-order chi connectivity index (χ0) is 16.4. The zero-order valence-corrected chi connectivity index (χ0v) is 13.1. The molecule has 1 aromatic carbocycles. The van der Waals surface area contributed by atoms with Gasteiger partial charge >= 0.3 is 0 Å². The number of benzene rings is 1. The molecule has 2 aromatic rings. The molecule has 0 radical (unpaired) electrons. The van der Waals surface area contributed by atoms with Gasteiger partial charge in [0.1, 0.15) is 23.6 Å². The predicted molar refractivity (Wildman–Crippen MR) is 84.4 cm³/mol. The van der Waals surface area contributed by atoms with Crippen LogP contribution in [0.4, 0.5) is 19.0 Å². The summed E-state index contributed by atoms with van der Waals surface area (Å²) in [6.45, 7) is 1.20. The Labute approximate surface area is 137 Å². The Morgan fingerprint density at radius 1 is 1.17 bits per heavy atom. The lowest BCUT2D eigenvalue weighted by Gasteiger charge is -2.34. The summed E-state index contributed by atoms with van der Waals surface area (Å²) in [5, 5.41) is 0.562. The van der Waals surface area contributed by atoms with Crippen molar-refractivity contribution in [3.05, 3.63) is 58.7 Å². The SMILES string of the molecule is Fc1ccc([C@H](F)C2CCN(c3ncccc3Cl)CC2)c(F)c1. The highest BCUT2D eigenvalue weighted by atomic mass is 35.5. The average Bonchev–Trinajstić information content (AvgIpc) is 2.55. The van der Waals surface area contributed by atoms with Crippen molar-refractivity contribution >= 4 is 17.4 Å². The van der Waals surface area contributed by atoms with Gasteiger partial charge in [-0.15, -0.1) is 0 Å². The van der Waals surface area contributed by atoms with Gasteiger partial charge in [0.25, 0.3) is 0 Å². The average molecular weight is 341 g/mol. The Morgan fingerprint density at radius 2 is 1.91 bits per heavy atom. The second kappa shape index (κ2) is 6.79. The van der Waals surface area contributed by atoms with Crippen LogP contribution in [0.1, 0.15) is 24.6 Å². The topological polar surface area (TPSA) is 16.1 Å². The van der Waals surface area contributed by atoms with E-state index in [0.717, 1.165) is 12.1 Å². The molecule has 122 valence electrons. The molecule has 3 rings (SSSR count). The minimum Gasteiger partial charge on any atom is -0.355 e. The molecule has 0 N–H and O–H groups in total. The largest absolute Gasteiger partial charge is 0.355 e. The third-order valence-corrected chi connectivity index (χ3v) is 4.55. The van der Waals surface area contributed by atoms with Gasteiger partial charge in [-0.1, -0.05) is 17.7 Å². The van der Waals surface area contributed by atoms with E-state index in [-0.39, 0.29) is 11.5 Å². The van der Waals surface area contributed by atoms with Gasteiger partial charge in [-0.25, -0.2) is 18.2 Å². The van der Waals surface area contributed by atoms with Crippen molar-refractivity contribution < 1.29 is 13.2 Å². The van der Waals surface area contributed by atoms with Gasteiger partial charge in [-0.2, -0.15) is 0 Å². The summed E-state index contributed by atoms with van der Waals surface area (Å²) in [6.07, 6.45) is 1.35. The van der Waals surface area contributed by atoms with Gasteiger partial charge in [-0.05, 0) is 37.0 Å². The van der Waals surface area contributed by atoms with E-state index in [1.54, 1.807) is 18.3 Å². The van der Waals surface area contributed by atoms with E-state index in [1.807, 2.05) is 4.90 Å². The molecular weight excluding hydrogens is 325 g/mol. The highest BCUT2D eigenvalue weighted by Crippen LogP contribution is 2.36. The van der Waals surface area contributed by atoms with Crippen molar-refractivity contribution in [1.29, 1.82) is 0 Å². The Balaban J connectivity index is 1.68. The van der Waals surface area contributed by atoms with Crippen molar-refractivity contribution in [2.45, 2.75) is 19.0 Å². The van der Waals surface area contributed by atoms with Crippen molar-refractivity contribution in [3.8, 4) is 0 Å². The van der Waals surface area contributed by atoms with Crippen LogP contribution in [0, 0.1) is 17.6 Å². The smallest absolute Gasteiger partial charge is 0.147 e. The Bertz CT molecular complexity index is 687. The molecule has 0 amide bonds. The summed E-state index contributed by atoms with van der Waals surface area (Å²) in [5.41, 5.74) is -0.0688. The summed E-state index contributed by atoms with van der Waals surface area (Å²) in [7, 11) is 0. The first-order chi connectivity index (χ1) is 11.1. The number of alkyl halides is 1. The van der Waals surface area contributed by atoms with Crippen LogP contribution in [0.25, 0.3) is 0 Å². The van der Waals surface area contributed by atoms with E-state index in [0.29, 0.717) is 36.8 Å². The second-order valence-electron chi connectivity index (χ2n) is 5.70. The maximum absolute atomic E-state index is 14.6. The standard InChI is InChI=1S/C17H16ClF3N2/c18-14-2-1-7-22-17(14)23-8-5-11(6-9-23)16(21)13-4-3-12(19)10-15(13)20/h1-4,7,10-11,16H,5-6,8-9H2/t16-/m1/s1. The molecular formula is C17H16ClF3N2. The number of hydrogen-bond acceptors (Lipinski definition) is 2. The molecule has 0 saturated carbocycles. The number of halogens is 4. The molecule has 1 aliphatic rings. The third-order valence-electron chi connectivity index (χ3n) is 4.25. The first-order valence-electron chi connectivity index (χ1n) is 7.50. The maximum Gasteiger partial charge on any atom is 0.147 e. The molecule has 0 unspecified atom stereocenters. The quantitative estimate of drug-likeness (QED) is 0.786. The van der Waals surface area contributed by atoms with Gasteiger partial charge in [0.2, 0.25) is 0 Å². The molecule has 2 nitrogen and oxygen atoms in total. The van der Waals surface area contributed by atoms with Gasteiger partial charge in [0.05, 0.1) is 5.02 Å². The van der Waals surface area contributed by atoms with Crippen LogP contribution >= 0.6 is 11.6 Å². The summed E-state index contributed by atoms with van der Waals surface area (Å²) in [5.74, 6) is -1.13. The number of nitrogens with zero attached hydrogens (tertiary/aromatic N) is 2. The maximum atomic E-state index is 14.6. The summed E-state index contributed by atoms with van der Waals surface area (Å²) < 4.78 is 41.3. The first-order valence-corrected chi connectivity index (χ1v) is 7.88. The fourth-order valence-corrected chi connectivity index (χ4v) is 3.23. The van der Waals surface area contributed by atoms with Crippen molar-refractivity contribution in [1.82, 2.24) is 4.98 Å². The fourth-order valence-electron chi connectivity index (χ4n) is 2.99. The minimum atomic E-state index is -1.43. The molecule has 2 heterocycles. The molecule has 0 bridgehead atoms. The van der Waals surface area contributed by atoms with Crippen LogP contribution in [0.3, 0.4) is 0 Å². The van der Waals surface area contributed by atoms with Crippen LogP contribution in [-0.2, 0) is 0 Å². The number of rotatable bonds is 3. The molecule has 23 heavy (non-hydrogen) atoms. The van der Waals surface area contributed by atoms with Crippen LogP contribution in [0.5, 0.6) is 0 Å². The normalized spacial score (nSPS) is 17.3. The van der Waals surface area contributed by atoms with E-state index < -0.39 is 17.8 Å². The number of hydrogen-bond donors (Lipinski definition) is 0. The second-order valence-corrected chi connectivity index (χ2v) is 6.11. The molecule has 1 saturated heterocycles. The number of pyridine rings is 1. The molecule has 1 fully saturated rings. The van der Waals surface area contributed by atoms with Gasteiger partial charge in [-0.3, -0.25) is 0 Å². The van der Waals surface area contributed by atoms with Crippen LogP contribution < -0.4 is 4.90 Å². The van der Waals surface area contributed by atoms with Crippen LogP contribution in [0.2, 0.25) is 5.02 Å². The van der Waals surface area contributed by atoms with Crippen molar-refractivity contribution in [2.75, 3.05) is 18.0 Å². The lowest BCUT2D eigenvalue weighted by molar-refractivity contribution is 0.193. The number of aromatic nitrogens is 1. The van der Waals surface area contributed by atoms with E-state index in [4.69, 9.17) is 11.6 Å². The van der Waals surface area contributed by atoms with Gasteiger partial charge < -0.3 is 4.90 Å². The molecule has 1 aromatic heterocycles. The Morgan fingerprint density at radius 3 is 2.57 bits per heavy atom. The van der Waals surface area contributed by atoms with E-state index in [9.17, 15) is 13.2 Å². The lowest BCUT2D eigenvalue weighted by atomic mass is 9.88. The van der Waals surface area contributed by atoms with Crippen LogP contribution in [-0.4, -0.2) is 18.1 Å². The molecule has 1 aliphatic heterocycles. The highest BCUT2D eigenvalue weighted by molar-refractivity contribution is 6.32. The van der Waals surface area contributed by atoms with Crippen molar-refractivity contribution in [3.63, 3.8) is 0 Å². The van der Waals surface area contributed by atoms with E-state index in [1.165, 1.54) is 6.07 Å². The summed E-state index contributed by atoms with van der Waals surface area (Å²) >= 11 is 6.12. The first kappa shape index (κ1) is 16.1. The Hall–Kier alpha value is -1.75.